The van der Waals surface area contributed by atoms with E-state index in [0.29, 0.717) is 10.6 Å². The van der Waals surface area contributed by atoms with Crippen molar-refractivity contribution in [1.29, 1.82) is 0 Å². The minimum Gasteiger partial charge on any atom is -0.481 e. The van der Waals surface area contributed by atoms with Gasteiger partial charge in [-0.3, -0.25) is 9.59 Å². The Kier molecular flexibility index (Phi) is 7.88. The molecule has 1 fully saturated rings. The monoisotopic (exact) mass is 515 g/mol. The molecular weight excluding hydrogens is 490 g/mol. The summed E-state index contributed by atoms with van der Waals surface area (Å²) in [6.45, 7) is 2.82. The third-order valence-electron chi connectivity index (χ3n) is 6.94. The quantitative estimate of drug-likeness (QED) is 0.383. The predicted octanol–water partition coefficient (Wildman–Crippen LogP) is 7.45. The van der Waals surface area contributed by atoms with Crippen LogP contribution in [0.3, 0.4) is 0 Å². The summed E-state index contributed by atoms with van der Waals surface area (Å²) in [5.41, 5.74) is 0.298. The van der Waals surface area contributed by atoms with Gasteiger partial charge in [0.2, 0.25) is 5.91 Å². The van der Waals surface area contributed by atoms with E-state index in [0.717, 1.165) is 26.2 Å². The van der Waals surface area contributed by atoms with E-state index in [1.54, 1.807) is 12.1 Å². The molecule has 1 aliphatic rings. The Morgan fingerprint density at radius 3 is 2.24 bits per heavy atom. The number of rotatable bonds is 8. The Hall–Kier alpha value is -2.25. The number of carboxylic acids is 1. The molecule has 3 rings (SSSR count). The summed E-state index contributed by atoms with van der Waals surface area (Å²) in [5.74, 6) is -5.16. The number of halogens is 5. The lowest BCUT2D eigenvalue weighted by molar-refractivity contribution is -0.178. The summed E-state index contributed by atoms with van der Waals surface area (Å²) in [7, 11) is 0. The Morgan fingerprint density at radius 2 is 1.74 bits per heavy atom. The normalized spacial score (nSPS) is 17.9. The summed E-state index contributed by atoms with van der Waals surface area (Å²) >= 11 is 12.2. The Labute approximate surface area is 206 Å². The van der Waals surface area contributed by atoms with Gasteiger partial charge in [-0.05, 0) is 54.2 Å². The molecule has 0 aromatic heterocycles. The van der Waals surface area contributed by atoms with Gasteiger partial charge in [-0.15, -0.1) is 0 Å². The number of hydrogen-bond donors (Lipinski definition) is 2. The number of aliphatic carboxylic acids is 1. The highest BCUT2D eigenvalue weighted by Gasteiger charge is 2.45. The van der Waals surface area contributed by atoms with Gasteiger partial charge in [-0.1, -0.05) is 61.7 Å². The number of carbonyl (C=O) groups is 2. The fourth-order valence-corrected chi connectivity index (χ4v) is 4.85. The maximum absolute atomic E-state index is 13.6. The van der Waals surface area contributed by atoms with Gasteiger partial charge in [0.05, 0.1) is 29.0 Å². The van der Waals surface area contributed by atoms with Crippen molar-refractivity contribution in [1.82, 2.24) is 0 Å². The van der Waals surface area contributed by atoms with E-state index in [1.807, 2.05) is 6.92 Å². The Morgan fingerprint density at radius 1 is 1.12 bits per heavy atom. The van der Waals surface area contributed by atoms with Crippen molar-refractivity contribution in [3.05, 3.63) is 63.6 Å². The van der Waals surface area contributed by atoms with E-state index >= 15 is 0 Å². The first-order valence-corrected chi connectivity index (χ1v) is 11.7. The number of amides is 1. The van der Waals surface area contributed by atoms with Gasteiger partial charge in [-0.2, -0.15) is 13.2 Å². The highest BCUT2D eigenvalue weighted by atomic mass is 35.5. The number of alkyl halides is 3. The van der Waals surface area contributed by atoms with Gasteiger partial charge in [-0.25, -0.2) is 0 Å². The van der Waals surface area contributed by atoms with Crippen molar-refractivity contribution in [3.8, 4) is 0 Å². The van der Waals surface area contributed by atoms with Gasteiger partial charge in [0, 0.05) is 10.4 Å². The van der Waals surface area contributed by atoms with E-state index < -0.39 is 35.3 Å². The molecule has 1 aliphatic carbocycles. The lowest BCUT2D eigenvalue weighted by Crippen LogP contribution is -2.38. The van der Waals surface area contributed by atoms with Crippen LogP contribution >= 0.6 is 23.2 Å². The molecule has 0 spiro atoms. The number of anilines is 1. The zero-order valence-corrected chi connectivity index (χ0v) is 20.3. The first-order valence-electron chi connectivity index (χ1n) is 11.0. The minimum atomic E-state index is -4.61. The van der Waals surface area contributed by atoms with Crippen LogP contribution in [-0.4, -0.2) is 23.2 Å². The SMILES string of the molecule is C[C@H]([C@H](C(=O)Nc1cc(C(C)(CC(=O)O)C2CCC2)ccc1Cl)c1ccc(Cl)cc1)C(F)(F)F. The van der Waals surface area contributed by atoms with Crippen molar-refractivity contribution < 1.29 is 27.9 Å². The molecule has 2 N–H and O–H groups in total. The molecule has 1 amide bonds. The smallest absolute Gasteiger partial charge is 0.392 e. The molecule has 4 nitrogen and oxygen atoms in total. The molecule has 0 heterocycles. The van der Waals surface area contributed by atoms with E-state index in [4.69, 9.17) is 23.2 Å². The lowest BCUT2D eigenvalue weighted by atomic mass is 9.61. The summed E-state index contributed by atoms with van der Waals surface area (Å²) < 4.78 is 40.9. The van der Waals surface area contributed by atoms with Crippen LogP contribution in [0, 0.1) is 11.8 Å². The zero-order chi connectivity index (χ0) is 25.3. The van der Waals surface area contributed by atoms with Crippen LogP contribution in [0.15, 0.2) is 42.5 Å². The number of nitrogens with one attached hydrogen (secondary N) is 1. The number of carboxylic acid groups (broad SMARTS) is 1. The van der Waals surface area contributed by atoms with Gasteiger partial charge in [0.15, 0.2) is 0 Å². The summed E-state index contributed by atoms with van der Waals surface area (Å²) in [4.78, 5) is 24.8. The van der Waals surface area contributed by atoms with Crippen molar-refractivity contribution in [2.75, 3.05) is 5.32 Å². The first-order chi connectivity index (χ1) is 15.8. The second kappa shape index (κ2) is 10.2. The maximum atomic E-state index is 13.6. The molecule has 9 heteroatoms. The van der Waals surface area contributed by atoms with Crippen LogP contribution in [0.5, 0.6) is 0 Å². The summed E-state index contributed by atoms with van der Waals surface area (Å²) in [6, 6.07) is 10.5. The van der Waals surface area contributed by atoms with Crippen LogP contribution in [0.4, 0.5) is 18.9 Å². The van der Waals surface area contributed by atoms with E-state index in [1.165, 1.54) is 30.3 Å². The largest absolute Gasteiger partial charge is 0.481 e. The number of benzene rings is 2. The van der Waals surface area contributed by atoms with Crippen LogP contribution < -0.4 is 5.32 Å². The van der Waals surface area contributed by atoms with Gasteiger partial charge >= 0.3 is 12.1 Å². The number of carbonyl (C=O) groups excluding carboxylic acids is 1. The molecule has 184 valence electrons. The van der Waals surface area contributed by atoms with Crippen LogP contribution in [0.1, 0.15) is 56.6 Å². The molecule has 1 unspecified atom stereocenters. The van der Waals surface area contributed by atoms with Gasteiger partial charge < -0.3 is 10.4 Å². The zero-order valence-electron chi connectivity index (χ0n) is 18.8. The highest BCUT2D eigenvalue weighted by molar-refractivity contribution is 6.33. The third-order valence-corrected chi connectivity index (χ3v) is 7.52. The molecular formula is C25H26Cl2F3NO3. The predicted molar refractivity (Wildman–Crippen MR) is 126 cm³/mol. The van der Waals surface area contributed by atoms with E-state index in [-0.39, 0.29) is 28.6 Å². The fraction of sp³-hybridized carbons (Fsp3) is 0.440. The average Bonchev–Trinajstić information content (AvgIpc) is 2.68. The maximum Gasteiger partial charge on any atom is 0.392 e. The lowest BCUT2D eigenvalue weighted by Gasteiger charge is -2.43. The van der Waals surface area contributed by atoms with Crippen LogP contribution in [0.25, 0.3) is 0 Å². The van der Waals surface area contributed by atoms with Crippen LogP contribution in [-0.2, 0) is 15.0 Å². The van der Waals surface area contributed by atoms with Crippen molar-refractivity contribution in [2.24, 2.45) is 11.8 Å². The topological polar surface area (TPSA) is 66.4 Å². The fourth-order valence-electron chi connectivity index (χ4n) is 4.55. The third kappa shape index (κ3) is 5.69. The molecule has 0 aliphatic heterocycles. The molecule has 0 saturated heterocycles. The summed E-state index contributed by atoms with van der Waals surface area (Å²) in [6.07, 6.45) is -1.94. The van der Waals surface area contributed by atoms with E-state index in [2.05, 4.69) is 5.32 Å². The second-order valence-corrected chi connectivity index (χ2v) is 10.0. The Bertz CT molecular complexity index is 1050. The first kappa shape index (κ1) is 26.4. The molecule has 2 aromatic carbocycles. The Balaban J connectivity index is 1.97. The second-order valence-electron chi connectivity index (χ2n) is 9.16. The molecule has 1 saturated carbocycles. The minimum absolute atomic E-state index is 0.106. The summed E-state index contributed by atoms with van der Waals surface area (Å²) in [5, 5.41) is 12.5. The highest BCUT2D eigenvalue weighted by Crippen LogP contribution is 2.47. The average molecular weight is 516 g/mol. The van der Waals surface area contributed by atoms with Gasteiger partial charge in [0.1, 0.15) is 0 Å². The molecule has 3 atom stereocenters. The van der Waals surface area contributed by atoms with Crippen molar-refractivity contribution in [3.63, 3.8) is 0 Å². The van der Waals surface area contributed by atoms with Crippen molar-refractivity contribution >= 4 is 40.8 Å². The molecule has 0 radical (unpaired) electrons. The molecule has 0 bridgehead atoms. The number of hydrogen-bond acceptors (Lipinski definition) is 2. The van der Waals surface area contributed by atoms with Gasteiger partial charge in [0.25, 0.3) is 0 Å². The van der Waals surface area contributed by atoms with Crippen LogP contribution in [0.2, 0.25) is 10.0 Å². The van der Waals surface area contributed by atoms with E-state index in [9.17, 15) is 27.9 Å². The molecule has 2 aromatic rings. The standard InChI is InChI=1S/C25H26Cl2F3NO3/c1-14(25(28,29)30)22(15-6-9-18(26)10-7-15)23(34)31-20-12-17(8-11-19(20)27)24(2,13-21(32)33)16-4-3-5-16/h6-12,14,16,22H,3-5,13H2,1-2H3,(H,31,34)(H,32,33)/t14-,22+,24?/m1/s1. The molecule has 34 heavy (non-hydrogen) atoms. The van der Waals surface area contributed by atoms with Crippen molar-refractivity contribution in [2.45, 2.75) is 57.0 Å².